The lowest BCUT2D eigenvalue weighted by molar-refractivity contribution is 0.543. The first-order valence-corrected chi connectivity index (χ1v) is 10.6. The summed E-state index contributed by atoms with van der Waals surface area (Å²) in [5.74, 6) is 1.81. The zero-order chi connectivity index (χ0) is 23.0. The number of benzene rings is 2. The van der Waals surface area contributed by atoms with Crippen molar-refractivity contribution < 1.29 is 0 Å². The molecule has 2 aromatic carbocycles. The van der Waals surface area contributed by atoms with Crippen molar-refractivity contribution in [3.05, 3.63) is 79.1 Å². The molecule has 0 aliphatic rings. The Morgan fingerprint density at radius 1 is 0.879 bits per heavy atom. The third-order valence-corrected chi connectivity index (χ3v) is 5.31. The molecule has 0 amide bonds. The SMILES string of the molecule is CC(C)(C)c1ncn(-c2ccc(Nc3nccc(-c4cnc(N)c5ccccc45)n3)cc2)n1. The molecule has 5 aromatic rings. The summed E-state index contributed by atoms with van der Waals surface area (Å²) < 4.78 is 1.78. The third kappa shape index (κ3) is 4.10. The number of rotatable bonds is 4. The van der Waals surface area contributed by atoms with Crippen molar-refractivity contribution in [2.24, 2.45) is 0 Å². The molecule has 0 bridgehead atoms. The van der Waals surface area contributed by atoms with E-state index in [1.54, 1.807) is 23.4 Å². The van der Waals surface area contributed by atoms with E-state index in [2.05, 4.69) is 46.1 Å². The highest BCUT2D eigenvalue weighted by molar-refractivity contribution is 6.00. The summed E-state index contributed by atoms with van der Waals surface area (Å²) in [4.78, 5) is 17.8. The Morgan fingerprint density at radius 2 is 1.64 bits per heavy atom. The lowest BCUT2D eigenvalue weighted by Crippen LogP contribution is -2.14. The molecule has 0 spiro atoms. The smallest absolute Gasteiger partial charge is 0.227 e. The van der Waals surface area contributed by atoms with Gasteiger partial charge in [0.2, 0.25) is 5.95 Å². The number of nitrogens with two attached hydrogens (primary N) is 1. The highest BCUT2D eigenvalue weighted by atomic mass is 15.3. The summed E-state index contributed by atoms with van der Waals surface area (Å²) in [6.45, 7) is 6.28. The van der Waals surface area contributed by atoms with Crippen LogP contribution in [0.4, 0.5) is 17.5 Å². The molecule has 164 valence electrons. The average Bonchev–Trinajstić information content (AvgIpc) is 3.31. The number of fused-ring (bicyclic) bond motifs is 1. The molecule has 3 N–H and O–H groups in total. The average molecular weight is 437 g/mol. The molecule has 8 nitrogen and oxygen atoms in total. The Labute approximate surface area is 191 Å². The van der Waals surface area contributed by atoms with E-state index < -0.39 is 0 Å². The summed E-state index contributed by atoms with van der Waals surface area (Å²) in [7, 11) is 0. The van der Waals surface area contributed by atoms with E-state index in [4.69, 9.17) is 10.7 Å². The first-order valence-electron chi connectivity index (χ1n) is 10.6. The molecule has 0 unspecified atom stereocenters. The van der Waals surface area contributed by atoms with Crippen LogP contribution in [0.15, 0.2) is 73.3 Å². The van der Waals surface area contributed by atoms with Gasteiger partial charge in [-0.3, -0.25) is 0 Å². The van der Waals surface area contributed by atoms with Gasteiger partial charge in [0.05, 0.1) is 11.4 Å². The van der Waals surface area contributed by atoms with Gasteiger partial charge in [-0.1, -0.05) is 45.0 Å². The standard InChI is InChI=1S/C25H24N8/c1-25(2,3)23-29-15-33(32-23)17-10-8-16(9-11-17)30-24-27-13-12-21(31-24)20-14-28-22(26)19-7-5-4-6-18(19)20/h4-15H,1-3H3,(H2,26,28)(H,27,30,31). The molecule has 5 rings (SSSR count). The van der Waals surface area contributed by atoms with Crippen LogP contribution in [-0.2, 0) is 5.41 Å². The highest BCUT2D eigenvalue weighted by Crippen LogP contribution is 2.30. The van der Waals surface area contributed by atoms with Crippen molar-refractivity contribution in [3.63, 3.8) is 0 Å². The van der Waals surface area contributed by atoms with Crippen molar-refractivity contribution in [3.8, 4) is 16.9 Å². The van der Waals surface area contributed by atoms with Gasteiger partial charge in [0.25, 0.3) is 0 Å². The van der Waals surface area contributed by atoms with Crippen molar-refractivity contribution in [2.75, 3.05) is 11.1 Å². The van der Waals surface area contributed by atoms with Gasteiger partial charge in [0.1, 0.15) is 12.1 Å². The highest BCUT2D eigenvalue weighted by Gasteiger charge is 2.19. The largest absolute Gasteiger partial charge is 0.383 e. The molecule has 0 saturated heterocycles. The van der Waals surface area contributed by atoms with Crippen LogP contribution < -0.4 is 11.1 Å². The molecular weight excluding hydrogens is 412 g/mol. The maximum absolute atomic E-state index is 6.05. The monoisotopic (exact) mass is 436 g/mol. The minimum absolute atomic E-state index is 0.0968. The van der Waals surface area contributed by atoms with Gasteiger partial charge in [0, 0.05) is 34.4 Å². The Hall–Kier alpha value is -4.33. The van der Waals surface area contributed by atoms with Crippen LogP contribution in [-0.4, -0.2) is 29.7 Å². The maximum atomic E-state index is 6.05. The number of nitrogens with zero attached hydrogens (tertiary/aromatic N) is 6. The summed E-state index contributed by atoms with van der Waals surface area (Å²) in [6, 6.07) is 17.7. The second-order valence-electron chi connectivity index (χ2n) is 8.80. The van der Waals surface area contributed by atoms with Crippen molar-refractivity contribution in [2.45, 2.75) is 26.2 Å². The van der Waals surface area contributed by atoms with Gasteiger partial charge in [-0.2, -0.15) is 5.10 Å². The van der Waals surface area contributed by atoms with Crippen molar-refractivity contribution in [1.82, 2.24) is 29.7 Å². The molecule has 3 heterocycles. The Morgan fingerprint density at radius 3 is 2.36 bits per heavy atom. The van der Waals surface area contributed by atoms with Crippen molar-refractivity contribution >= 4 is 28.2 Å². The molecule has 0 saturated carbocycles. The van der Waals surface area contributed by atoms with Crippen LogP contribution in [0, 0.1) is 0 Å². The van der Waals surface area contributed by atoms with E-state index >= 15 is 0 Å². The molecule has 0 aliphatic heterocycles. The molecule has 0 aliphatic carbocycles. The minimum Gasteiger partial charge on any atom is -0.383 e. The third-order valence-electron chi connectivity index (χ3n) is 5.31. The minimum atomic E-state index is -0.0968. The summed E-state index contributed by atoms with van der Waals surface area (Å²) in [5, 5.41) is 9.76. The van der Waals surface area contributed by atoms with E-state index in [0.29, 0.717) is 11.8 Å². The van der Waals surface area contributed by atoms with E-state index in [-0.39, 0.29) is 5.41 Å². The van der Waals surface area contributed by atoms with Crippen LogP contribution in [0.5, 0.6) is 0 Å². The second-order valence-corrected chi connectivity index (χ2v) is 8.80. The van der Waals surface area contributed by atoms with Gasteiger partial charge in [-0.25, -0.2) is 24.6 Å². The molecule has 0 radical (unpaired) electrons. The second kappa shape index (κ2) is 7.98. The Kier molecular flexibility index (Phi) is 4.97. The Balaban J connectivity index is 1.40. The lowest BCUT2D eigenvalue weighted by Gasteiger charge is -2.12. The zero-order valence-electron chi connectivity index (χ0n) is 18.7. The fraction of sp³-hybridized carbons (Fsp3) is 0.160. The van der Waals surface area contributed by atoms with Crippen LogP contribution in [0.3, 0.4) is 0 Å². The van der Waals surface area contributed by atoms with Crippen LogP contribution in [0.1, 0.15) is 26.6 Å². The lowest BCUT2D eigenvalue weighted by atomic mass is 9.96. The van der Waals surface area contributed by atoms with Gasteiger partial charge in [-0.05, 0) is 35.7 Å². The summed E-state index contributed by atoms with van der Waals surface area (Å²) in [5.41, 5.74) is 9.42. The maximum Gasteiger partial charge on any atom is 0.227 e. The Bertz CT molecular complexity index is 1430. The summed E-state index contributed by atoms with van der Waals surface area (Å²) in [6.07, 6.45) is 5.22. The fourth-order valence-corrected chi connectivity index (χ4v) is 3.55. The van der Waals surface area contributed by atoms with Gasteiger partial charge in [0.15, 0.2) is 5.82 Å². The predicted octanol–water partition coefficient (Wildman–Crippen LogP) is 4.90. The van der Waals surface area contributed by atoms with Crippen LogP contribution >= 0.6 is 0 Å². The molecule has 8 heteroatoms. The zero-order valence-corrected chi connectivity index (χ0v) is 18.7. The number of hydrogen-bond donors (Lipinski definition) is 2. The van der Waals surface area contributed by atoms with E-state index in [1.165, 1.54) is 0 Å². The van der Waals surface area contributed by atoms with Gasteiger partial charge >= 0.3 is 0 Å². The molecule has 0 fully saturated rings. The quantitative estimate of drug-likeness (QED) is 0.413. The first kappa shape index (κ1) is 20.6. The van der Waals surface area contributed by atoms with Gasteiger partial charge in [-0.15, -0.1) is 0 Å². The van der Waals surface area contributed by atoms with E-state index in [0.717, 1.165) is 39.2 Å². The molecule has 0 atom stereocenters. The first-order chi connectivity index (χ1) is 15.9. The number of aromatic nitrogens is 6. The molecule has 3 aromatic heterocycles. The number of nitrogen functional groups attached to an aromatic ring is 1. The number of hydrogen-bond acceptors (Lipinski definition) is 7. The summed E-state index contributed by atoms with van der Waals surface area (Å²) >= 11 is 0. The number of anilines is 3. The van der Waals surface area contributed by atoms with Gasteiger partial charge < -0.3 is 11.1 Å². The topological polar surface area (TPSA) is 107 Å². The predicted molar refractivity (Wildman–Crippen MR) is 131 cm³/mol. The normalized spacial score (nSPS) is 11.6. The van der Waals surface area contributed by atoms with Crippen LogP contribution in [0.2, 0.25) is 0 Å². The van der Waals surface area contributed by atoms with Crippen LogP contribution in [0.25, 0.3) is 27.7 Å². The number of nitrogens with one attached hydrogen (secondary N) is 1. The van der Waals surface area contributed by atoms with E-state index in [9.17, 15) is 0 Å². The number of pyridine rings is 1. The molecule has 33 heavy (non-hydrogen) atoms. The molecular formula is C25H24N8. The fourth-order valence-electron chi connectivity index (χ4n) is 3.55. The van der Waals surface area contributed by atoms with E-state index in [1.807, 2.05) is 54.6 Å². The van der Waals surface area contributed by atoms with Crippen molar-refractivity contribution in [1.29, 1.82) is 0 Å².